The minimum Gasteiger partial charge on any atom is -0.358 e. The van der Waals surface area contributed by atoms with E-state index in [1.165, 1.54) is 0 Å². The van der Waals surface area contributed by atoms with Gasteiger partial charge in [-0.1, -0.05) is 11.3 Å². The average Bonchev–Trinajstić information content (AvgIpc) is 2.66. The van der Waals surface area contributed by atoms with Crippen molar-refractivity contribution in [1.29, 1.82) is 0 Å². The molecule has 0 bridgehead atoms. The minimum atomic E-state index is 0.558. The van der Waals surface area contributed by atoms with Gasteiger partial charge in [-0.3, -0.25) is 4.90 Å². The molecule has 1 atom stereocenters. The van der Waals surface area contributed by atoms with Crippen LogP contribution >= 0.6 is 11.3 Å². The zero-order chi connectivity index (χ0) is 11.5. The summed E-state index contributed by atoms with van der Waals surface area (Å²) in [4.78, 5) is 4.78. The topological polar surface area (TPSA) is 44.3 Å². The van der Waals surface area contributed by atoms with Gasteiger partial charge in [0.1, 0.15) is 5.01 Å². The lowest BCUT2D eigenvalue weighted by molar-refractivity contribution is 0.122. The molecule has 0 spiro atoms. The maximum Gasteiger partial charge on any atom is 0.205 e. The second-order valence-electron chi connectivity index (χ2n) is 4.40. The number of nitrogens with zero attached hydrogens (tertiary/aromatic N) is 4. The van der Waals surface area contributed by atoms with Crippen LogP contribution in [0.3, 0.4) is 0 Å². The van der Waals surface area contributed by atoms with E-state index in [2.05, 4.69) is 39.4 Å². The molecule has 16 heavy (non-hydrogen) atoms. The van der Waals surface area contributed by atoms with Gasteiger partial charge in [0.05, 0.1) is 0 Å². The van der Waals surface area contributed by atoms with E-state index in [0.29, 0.717) is 6.04 Å². The number of aromatic nitrogens is 2. The van der Waals surface area contributed by atoms with Crippen molar-refractivity contribution in [3.8, 4) is 0 Å². The predicted octanol–water partition coefficient (Wildman–Crippen LogP) is 0.504. The van der Waals surface area contributed by atoms with Crippen LogP contribution in [0.5, 0.6) is 0 Å². The Morgan fingerprint density at radius 1 is 1.38 bits per heavy atom. The Hall–Kier alpha value is -0.720. The monoisotopic (exact) mass is 241 g/mol. The van der Waals surface area contributed by atoms with Gasteiger partial charge in [0.2, 0.25) is 5.13 Å². The highest BCUT2D eigenvalue weighted by Gasteiger charge is 2.21. The van der Waals surface area contributed by atoms with Crippen molar-refractivity contribution < 1.29 is 0 Å². The number of piperazine rings is 1. The number of aryl methyl sites for hydroxylation is 1. The molecule has 0 aromatic carbocycles. The highest BCUT2D eigenvalue weighted by molar-refractivity contribution is 7.15. The van der Waals surface area contributed by atoms with Gasteiger partial charge in [-0.05, 0) is 21.0 Å². The van der Waals surface area contributed by atoms with Crippen molar-refractivity contribution in [3.63, 3.8) is 0 Å². The summed E-state index contributed by atoms with van der Waals surface area (Å²) in [5.41, 5.74) is 0. The fraction of sp³-hybridized carbons (Fsp3) is 0.800. The zero-order valence-electron chi connectivity index (χ0n) is 10.1. The molecule has 6 heteroatoms. The van der Waals surface area contributed by atoms with Crippen LogP contribution in [-0.4, -0.2) is 66.3 Å². The van der Waals surface area contributed by atoms with Crippen LogP contribution in [0.2, 0.25) is 0 Å². The molecule has 0 amide bonds. The third-order valence-corrected chi connectivity index (χ3v) is 3.79. The van der Waals surface area contributed by atoms with Gasteiger partial charge in [0, 0.05) is 32.2 Å². The van der Waals surface area contributed by atoms with Crippen molar-refractivity contribution in [2.45, 2.75) is 13.0 Å². The third-order valence-electron chi connectivity index (χ3n) is 3.00. The van der Waals surface area contributed by atoms with Crippen molar-refractivity contribution in [3.05, 3.63) is 5.01 Å². The van der Waals surface area contributed by atoms with Crippen LogP contribution < -0.4 is 5.32 Å². The number of rotatable bonds is 3. The fourth-order valence-corrected chi connectivity index (χ4v) is 2.49. The lowest BCUT2D eigenvalue weighted by Crippen LogP contribution is -2.52. The van der Waals surface area contributed by atoms with Crippen LogP contribution in [0.4, 0.5) is 5.13 Å². The molecule has 1 aromatic rings. The van der Waals surface area contributed by atoms with E-state index in [-0.39, 0.29) is 0 Å². The fourth-order valence-electron chi connectivity index (χ4n) is 1.89. The summed E-state index contributed by atoms with van der Waals surface area (Å²) < 4.78 is 0. The van der Waals surface area contributed by atoms with Crippen molar-refractivity contribution in [2.75, 3.05) is 45.6 Å². The molecule has 1 saturated heterocycles. The summed E-state index contributed by atoms with van der Waals surface area (Å²) in [6.45, 7) is 6.32. The van der Waals surface area contributed by atoms with E-state index in [9.17, 15) is 0 Å². The van der Waals surface area contributed by atoms with Gasteiger partial charge in [-0.25, -0.2) is 0 Å². The summed E-state index contributed by atoms with van der Waals surface area (Å²) in [7, 11) is 4.36. The van der Waals surface area contributed by atoms with E-state index in [0.717, 1.165) is 36.3 Å². The summed E-state index contributed by atoms with van der Waals surface area (Å²) in [6.07, 6.45) is 0. The first-order chi connectivity index (χ1) is 7.65. The lowest BCUT2D eigenvalue weighted by Gasteiger charge is -2.37. The van der Waals surface area contributed by atoms with Crippen molar-refractivity contribution >= 4 is 16.5 Å². The van der Waals surface area contributed by atoms with Crippen LogP contribution in [0.1, 0.15) is 5.01 Å². The second kappa shape index (κ2) is 5.07. The Labute approximate surface area is 100 Å². The Bertz CT molecular complexity index is 340. The van der Waals surface area contributed by atoms with Gasteiger partial charge in [-0.2, -0.15) is 0 Å². The first-order valence-electron chi connectivity index (χ1n) is 5.58. The van der Waals surface area contributed by atoms with Gasteiger partial charge in [0.15, 0.2) is 0 Å². The third kappa shape index (κ3) is 2.90. The summed E-state index contributed by atoms with van der Waals surface area (Å²) in [5.74, 6) is 0. The van der Waals surface area contributed by atoms with Crippen LogP contribution in [0, 0.1) is 6.92 Å². The number of hydrogen-bond acceptors (Lipinski definition) is 6. The molecule has 1 aliphatic heterocycles. The molecule has 1 aliphatic rings. The van der Waals surface area contributed by atoms with Gasteiger partial charge in [-0.15, -0.1) is 10.2 Å². The summed E-state index contributed by atoms with van der Waals surface area (Å²) >= 11 is 1.61. The van der Waals surface area contributed by atoms with E-state index in [1.807, 2.05) is 6.92 Å². The molecule has 0 saturated carbocycles. The first-order valence-corrected chi connectivity index (χ1v) is 6.39. The molecule has 1 N–H and O–H groups in total. The zero-order valence-corrected chi connectivity index (χ0v) is 10.9. The van der Waals surface area contributed by atoms with E-state index in [1.54, 1.807) is 11.3 Å². The summed E-state index contributed by atoms with van der Waals surface area (Å²) in [6, 6.07) is 0.558. The Morgan fingerprint density at radius 2 is 2.19 bits per heavy atom. The van der Waals surface area contributed by atoms with E-state index in [4.69, 9.17) is 0 Å². The number of hydrogen-bond donors (Lipinski definition) is 1. The molecule has 0 radical (unpaired) electrons. The molecule has 1 aromatic heterocycles. The molecule has 1 fully saturated rings. The average molecular weight is 241 g/mol. The van der Waals surface area contributed by atoms with Crippen LogP contribution in [0.25, 0.3) is 0 Å². The quantitative estimate of drug-likeness (QED) is 0.835. The van der Waals surface area contributed by atoms with Gasteiger partial charge >= 0.3 is 0 Å². The van der Waals surface area contributed by atoms with E-state index < -0.39 is 0 Å². The molecular weight excluding hydrogens is 222 g/mol. The molecule has 1 unspecified atom stereocenters. The first kappa shape index (κ1) is 11.8. The highest BCUT2D eigenvalue weighted by atomic mass is 32.1. The van der Waals surface area contributed by atoms with Gasteiger partial charge < -0.3 is 10.2 Å². The van der Waals surface area contributed by atoms with Crippen LogP contribution in [-0.2, 0) is 0 Å². The van der Waals surface area contributed by atoms with Crippen molar-refractivity contribution in [1.82, 2.24) is 20.0 Å². The van der Waals surface area contributed by atoms with Crippen molar-refractivity contribution in [2.24, 2.45) is 0 Å². The van der Waals surface area contributed by atoms with Crippen LogP contribution in [0.15, 0.2) is 0 Å². The number of anilines is 1. The summed E-state index contributed by atoms with van der Waals surface area (Å²) in [5, 5.41) is 13.4. The number of likely N-dealkylation sites (N-methyl/N-ethyl adjacent to an activating group) is 2. The number of nitrogens with one attached hydrogen (secondary N) is 1. The Kier molecular flexibility index (Phi) is 3.73. The molecular formula is C10H19N5S. The predicted molar refractivity (Wildman–Crippen MR) is 67.1 cm³/mol. The second-order valence-corrected chi connectivity index (χ2v) is 5.59. The molecule has 2 heterocycles. The van der Waals surface area contributed by atoms with E-state index >= 15 is 0 Å². The lowest BCUT2D eigenvalue weighted by atomic mass is 10.2. The standard InChI is InChI=1S/C10H19N5S/c1-8-12-13-10(16-8)11-6-9-7-14(2)4-5-15(9)3/h9H,4-7H2,1-3H3,(H,11,13). The Balaban J connectivity index is 1.84. The highest BCUT2D eigenvalue weighted by Crippen LogP contribution is 2.14. The SMILES string of the molecule is Cc1nnc(NCC2CN(C)CCN2C)s1. The normalized spacial score (nSPS) is 23.6. The minimum absolute atomic E-state index is 0.558. The smallest absolute Gasteiger partial charge is 0.205 e. The maximum atomic E-state index is 4.07. The maximum absolute atomic E-state index is 4.07. The molecule has 0 aliphatic carbocycles. The Morgan fingerprint density at radius 3 is 2.88 bits per heavy atom. The van der Waals surface area contributed by atoms with Gasteiger partial charge in [0.25, 0.3) is 0 Å². The molecule has 5 nitrogen and oxygen atoms in total. The molecule has 90 valence electrons. The largest absolute Gasteiger partial charge is 0.358 e. The molecule has 2 rings (SSSR count).